The Morgan fingerprint density at radius 3 is 3.06 bits per heavy atom. The molecule has 0 amide bonds. The lowest BCUT2D eigenvalue weighted by Crippen LogP contribution is -2.06. The van der Waals surface area contributed by atoms with Crippen molar-refractivity contribution < 1.29 is 0 Å². The monoisotopic (exact) mass is 217 g/mol. The molecule has 2 aromatic heterocycles. The molecule has 0 aliphatic heterocycles. The Bertz CT molecular complexity index is 445. The number of hydrogen-bond donors (Lipinski definition) is 1. The molecule has 16 heavy (non-hydrogen) atoms. The lowest BCUT2D eigenvalue weighted by molar-refractivity contribution is 0.566. The number of hydrogen-bond acceptors (Lipinski definition) is 2. The fourth-order valence-electron chi connectivity index (χ4n) is 1.82. The van der Waals surface area contributed by atoms with Crippen LogP contribution in [0, 0.1) is 5.92 Å². The largest absolute Gasteiger partial charge is 0.371 e. The molecule has 0 aliphatic rings. The van der Waals surface area contributed by atoms with Crippen molar-refractivity contribution in [3.63, 3.8) is 0 Å². The summed E-state index contributed by atoms with van der Waals surface area (Å²) in [6.07, 6.45) is 6.30. The Morgan fingerprint density at radius 2 is 2.25 bits per heavy atom. The van der Waals surface area contributed by atoms with E-state index in [1.54, 1.807) is 0 Å². The van der Waals surface area contributed by atoms with Gasteiger partial charge in [0.05, 0.1) is 0 Å². The Hall–Kier alpha value is -1.51. The van der Waals surface area contributed by atoms with Gasteiger partial charge in [-0.05, 0) is 30.9 Å². The third-order valence-electron chi connectivity index (χ3n) is 2.69. The van der Waals surface area contributed by atoms with Crippen LogP contribution in [0.1, 0.15) is 26.7 Å². The topological polar surface area (TPSA) is 29.3 Å². The van der Waals surface area contributed by atoms with Crippen molar-refractivity contribution in [1.82, 2.24) is 9.38 Å². The summed E-state index contributed by atoms with van der Waals surface area (Å²) >= 11 is 0. The van der Waals surface area contributed by atoms with E-state index in [-0.39, 0.29) is 0 Å². The van der Waals surface area contributed by atoms with Crippen molar-refractivity contribution in [2.24, 2.45) is 5.92 Å². The molecule has 0 spiro atoms. The van der Waals surface area contributed by atoms with Gasteiger partial charge in [-0.1, -0.05) is 19.9 Å². The lowest BCUT2D eigenvalue weighted by Gasteiger charge is -2.09. The first-order valence-corrected chi connectivity index (χ1v) is 5.93. The predicted octanol–water partition coefficient (Wildman–Crippen LogP) is 3.18. The molecule has 0 saturated carbocycles. The number of rotatable bonds is 5. The fraction of sp³-hybridized carbons (Fsp3) is 0.462. The number of fused-ring (bicyclic) bond motifs is 1. The van der Waals surface area contributed by atoms with E-state index in [0.717, 1.165) is 23.9 Å². The average molecular weight is 217 g/mol. The van der Waals surface area contributed by atoms with Crippen LogP contribution >= 0.6 is 0 Å². The summed E-state index contributed by atoms with van der Waals surface area (Å²) in [4.78, 5) is 4.26. The minimum atomic E-state index is 0.783. The molecule has 0 unspecified atom stereocenters. The number of nitrogens with zero attached hydrogens (tertiary/aromatic N) is 2. The highest BCUT2D eigenvalue weighted by molar-refractivity contribution is 5.49. The molecular weight excluding hydrogens is 198 g/mol. The zero-order valence-corrected chi connectivity index (χ0v) is 9.98. The van der Waals surface area contributed by atoms with Gasteiger partial charge in [0.25, 0.3) is 0 Å². The third kappa shape index (κ3) is 2.54. The normalized spacial score (nSPS) is 11.2. The summed E-state index contributed by atoms with van der Waals surface area (Å²) in [5.74, 6) is 1.91. The van der Waals surface area contributed by atoms with E-state index in [4.69, 9.17) is 0 Å². The molecule has 2 aromatic rings. The third-order valence-corrected chi connectivity index (χ3v) is 2.69. The van der Waals surface area contributed by atoms with E-state index in [2.05, 4.69) is 34.6 Å². The molecule has 0 atom stereocenters. The molecule has 2 heterocycles. The second-order valence-corrected chi connectivity index (χ2v) is 4.53. The van der Waals surface area contributed by atoms with Crippen LogP contribution in [0.15, 0.2) is 30.6 Å². The molecular formula is C13H19N3. The maximum absolute atomic E-state index is 4.26. The van der Waals surface area contributed by atoms with Gasteiger partial charge in [-0.25, -0.2) is 4.98 Å². The molecule has 3 heteroatoms. The highest BCUT2D eigenvalue weighted by Gasteiger charge is 1.99. The minimum Gasteiger partial charge on any atom is -0.371 e. The summed E-state index contributed by atoms with van der Waals surface area (Å²) in [5.41, 5.74) is 0.994. The van der Waals surface area contributed by atoms with Gasteiger partial charge in [0, 0.05) is 18.9 Å². The zero-order chi connectivity index (χ0) is 11.4. The van der Waals surface area contributed by atoms with Crippen molar-refractivity contribution in [3.05, 3.63) is 30.6 Å². The van der Waals surface area contributed by atoms with Gasteiger partial charge in [-0.15, -0.1) is 0 Å². The number of imidazole rings is 1. The molecule has 0 saturated heterocycles. The second kappa shape index (κ2) is 5.01. The van der Waals surface area contributed by atoms with Crippen LogP contribution in [0.3, 0.4) is 0 Å². The van der Waals surface area contributed by atoms with Crippen LogP contribution in [-0.4, -0.2) is 15.9 Å². The van der Waals surface area contributed by atoms with Gasteiger partial charge >= 0.3 is 0 Å². The Morgan fingerprint density at radius 1 is 1.38 bits per heavy atom. The van der Waals surface area contributed by atoms with E-state index < -0.39 is 0 Å². The number of aromatic nitrogens is 2. The number of pyridine rings is 1. The Balaban J connectivity index is 1.96. The van der Waals surface area contributed by atoms with Crippen LogP contribution < -0.4 is 5.32 Å². The van der Waals surface area contributed by atoms with Gasteiger partial charge in [0.1, 0.15) is 11.5 Å². The van der Waals surface area contributed by atoms with Crippen LogP contribution in [0.5, 0.6) is 0 Å². The smallest absolute Gasteiger partial charge is 0.138 e. The van der Waals surface area contributed by atoms with E-state index >= 15 is 0 Å². The van der Waals surface area contributed by atoms with Gasteiger partial charge in [-0.3, -0.25) is 4.40 Å². The fourth-order valence-corrected chi connectivity index (χ4v) is 1.82. The lowest BCUT2D eigenvalue weighted by atomic mass is 10.1. The number of anilines is 1. The summed E-state index contributed by atoms with van der Waals surface area (Å²) in [6, 6.07) is 6.14. The molecule has 0 bridgehead atoms. The average Bonchev–Trinajstić information content (AvgIpc) is 2.72. The van der Waals surface area contributed by atoms with Crippen molar-refractivity contribution in [3.8, 4) is 0 Å². The predicted molar refractivity (Wildman–Crippen MR) is 67.8 cm³/mol. The highest BCUT2D eigenvalue weighted by atomic mass is 15.1. The standard InChI is InChI=1S/C13H19N3/c1-11(2)5-4-8-14-12-6-3-7-13-15-9-10-16(12)13/h3,6-7,9-11,14H,4-5,8H2,1-2H3. The number of nitrogens with one attached hydrogen (secondary N) is 1. The van der Waals surface area contributed by atoms with Crippen molar-refractivity contribution in [2.75, 3.05) is 11.9 Å². The molecule has 86 valence electrons. The first-order chi connectivity index (χ1) is 7.77. The van der Waals surface area contributed by atoms with Crippen molar-refractivity contribution in [2.45, 2.75) is 26.7 Å². The second-order valence-electron chi connectivity index (χ2n) is 4.53. The van der Waals surface area contributed by atoms with Crippen molar-refractivity contribution in [1.29, 1.82) is 0 Å². The first-order valence-electron chi connectivity index (χ1n) is 5.93. The summed E-state index contributed by atoms with van der Waals surface area (Å²) in [5, 5.41) is 3.45. The summed E-state index contributed by atoms with van der Waals surface area (Å²) in [6.45, 7) is 5.54. The molecule has 1 N–H and O–H groups in total. The molecule has 0 radical (unpaired) electrons. The first kappa shape index (κ1) is 11.0. The van der Waals surface area contributed by atoms with Gasteiger partial charge in [-0.2, -0.15) is 0 Å². The SMILES string of the molecule is CC(C)CCCNc1cccc2nccn12. The van der Waals surface area contributed by atoms with Crippen LogP contribution in [0.25, 0.3) is 5.65 Å². The molecule has 0 aromatic carbocycles. The van der Waals surface area contributed by atoms with E-state index in [1.165, 1.54) is 12.8 Å². The van der Waals surface area contributed by atoms with Crippen LogP contribution in [-0.2, 0) is 0 Å². The molecule has 0 fully saturated rings. The van der Waals surface area contributed by atoms with Gasteiger partial charge < -0.3 is 5.32 Å². The zero-order valence-electron chi connectivity index (χ0n) is 9.98. The van der Waals surface area contributed by atoms with Crippen molar-refractivity contribution >= 4 is 11.5 Å². The maximum Gasteiger partial charge on any atom is 0.138 e. The minimum absolute atomic E-state index is 0.783. The quantitative estimate of drug-likeness (QED) is 0.779. The maximum atomic E-state index is 4.26. The van der Waals surface area contributed by atoms with Gasteiger partial charge in [0.2, 0.25) is 0 Å². The van der Waals surface area contributed by atoms with Gasteiger partial charge in [0.15, 0.2) is 0 Å². The Kier molecular flexibility index (Phi) is 3.44. The summed E-state index contributed by atoms with van der Waals surface area (Å²) < 4.78 is 2.08. The molecule has 0 aliphatic carbocycles. The highest BCUT2D eigenvalue weighted by Crippen LogP contribution is 2.11. The van der Waals surface area contributed by atoms with Crippen LogP contribution in [0.2, 0.25) is 0 Å². The van der Waals surface area contributed by atoms with E-state index in [1.807, 2.05) is 24.5 Å². The van der Waals surface area contributed by atoms with E-state index in [9.17, 15) is 0 Å². The molecule has 3 nitrogen and oxygen atoms in total. The van der Waals surface area contributed by atoms with E-state index in [0.29, 0.717) is 0 Å². The summed E-state index contributed by atoms with van der Waals surface area (Å²) in [7, 11) is 0. The molecule has 2 rings (SSSR count). The van der Waals surface area contributed by atoms with Crippen LogP contribution in [0.4, 0.5) is 5.82 Å². The Labute approximate surface area is 96.5 Å².